The van der Waals surface area contributed by atoms with Crippen molar-refractivity contribution < 1.29 is 19.7 Å². The first-order chi connectivity index (χ1) is 14.8. The fourth-order valence-electron chi connectivity index (χ4n) is 4.93. The summed E-state index contributed by atoms with van der Waals surface area (Å²) >= 11 is 0. The smallest absolute Gasteiger partial charge is 0.343 e. The van der Waals surface area contributed by atoms with E-state index in [4.69, 9.17) is 9.72 Å². The van der Waals surface area contributed by atoms with Crippen molar-refractivity contribution in [3.05, 3.63) is 56.4 Å². The summed E-state index contributed by atoms with van der Waals surface area (Å²) in [6, 6.07) is 5.38. The molecule has 4 heterocycles. The van der Waals surface area contributed by atoms with Crippen LogP contribution in [0.1, 0.15) is 55.0 Å². The van der Waals surface area contributed by atoms with Crippen molar-refractivity contribution in [3.63, 3.8) is 0 Å². The first kappa shape index (κ1) is 19.8. The number of nitrogens with zero attached hydrogens (tertiary/aromatic N) is 2. The van der Waals surface area contributed by atoms with Crippen LogP contribution in [0.5, 0.6) is 5.75 Å². The van der Waals surface area contributed by atoms with Crippen molar-refractivity contribution in [1.82, 2.24) is 9.55 Å². The predicted octanol–water partition coefficient (Wildman–Crippen LogP) is 2.91. The Morgan fingerprint density at radius 1 is 1.13 bits per heavy atom. The van der Waals surface area contributed by atoms with Gasteiger partial charge in [0.2, 0.25) is 0 Å². The lowest BCUT2D eigenvalue weighted by molar-refractivity contribution is -0.172. The fraction of sp³-hybridized carbons (Fsp3) is 0.375. The summed E-state index contributed by atoms with van der Waals surface area (Å²) in [6.45, 7) is 5.92. The van der Waals surface area contributed by atoms with E-state index in [0.717, 1.165) is 34.0 Å². The normalized spacial score (nSPS) is 19.2. The molecule has 2 aliphatic rings. The Hall–Kier alpha value is -3.19. The van der Waals surface area contributed by atoms with E-state index in [9.17, 15) is 19.8 Å². The number of ether oxygens (including phenoxy) is 1. The zero-order valence-corrected chi connectivity index (χ0v) is 17.8. The number of phenolic OH excluding ortho intramolecular Hbond substituents is 1. The predicted molar refractivity (Wildman–Crippen MR) is 115 cm³/mol. The number of pyridine rings is 2. The molecule has 0 spiro atoms. The van der Waals surface area contributed by atoms with Crippen LogP contribution in [0, 0.1) is 0 Å². The molecule has 0 saturated heterocycles. The topological polar surface area (TPSA) is 102 Å². The highest BCUT2D eigenvalue weighted by atomic mass is 16.6. The minimum atomic E-state index is -1.84. The number of rotatable bonds is 3. The third-order valence-electron chi connectivity index (χ3n) is 6.74. The Labute approximate surface area is 178 Å². The summed E-state index contributed by atoms with van der Waals surface area (Å²) < 4.78 is 6.77. The van der Waals surface area contributed by atoms with Crippen molar-refractivity contribution in [1.29, 1.82) is 0 Å². The molecule has 0 unspecified atom stereocenters. The number of hydrogen-bond donors (Lipinski definition) is 2. The molecule has 2 N–H and O–H groups in total. The average Bonchev–Trinajstić information content (AvgIpc) is 3.13. The number of aryl methyl sites for hydroxylation is 2. The van der Waals surface area contributed by atoms with E-state index in [1.807, 2.05) is 19.9 Å². The zero-order chi connectivity index (χ0) is 22.1. The van der Waals surface area contributed by atoms with Crippen molar-refractivity contribution in [2.75, 3.05) is 0 Å². The largest absolute Gasteiger partial charge is 0.508 e. The molecule has 2 aromatic heterocycles. The Balaban J connectivity index is 1.83. The van der Waals surface area contributed by atoms with Crippen LogP contribution in [-0.4, -0.2) is 25.7 Å². The van der Waals surface area contributed by atoms with E-state index >= 15 is 0 Å². The lowest BCUT2D eigenvalue weighted by Gasteiger charge is -2.31. The first-order valence-electron chi connectivity index (χ1n) is 10.7. The lowest BCUT2D eigenvalue weighted by Crippen LogP contribution is -2.44. The lowest BCUT2D eigenvalue weighted by atomic mass is 9.86. The molecule has 0 bridgehead atoms. The van der Waals surface area contributed by atoms with Crippen molar-refractivity contribution in [3.8, 4) is 17.1 Å². The van der Waals surface area contributed by atoms with E-state index in [-0.39, 0.29) is 24.3 Å². The molecule has 160 valence electrons. The fourth-order valence-corrected chi connectivity index (χ4v) is 4.93. The van der Waals surface area contributed by atoms with Crippen LogP contribution in [-0.2, 0) is 41.1 Å². The average molecular weight is 420 g/mol. The highest BCUT2D eigenvalue weighted by Crippen LogP contribution is 2.41. The molecule has 31 heavy (non-hydrogen) atoms. The van der Waals surface area contributed by atoms with Crippen LogP contribution in [0.2, 0.25) is 0 Å². The Kier molecular flexibility index (Phi) is 4.24. The molecule has 1 aromatic carbocycles. The van der Waals surface area contributed by atoms with Crippen LogP contribution < -0.4 is 5.56 Å². The second kappa shape index (κ2) is 6.65. The van der Waals surface area contributed by atoms with Gasteiger partial charge < -0.3 is 19.5 Å². The molecule has 7 nitrogen and oxygen atoms in total. The molecule has 0 amide bonds. The number of benzene rings is 1. The first-order valence-corrected chi connectivity index (χ1v) is 10.7. The molecule has 0 fully saturated rings. The summed E-state index contributed by atoms with van der Waals surface area (Å²) in [5.74, 6) is -0.480. The van der Waals surface area contributed by atoms with Gasteiger partial charge in [0.1, 0.15) is 12.4 Å². The van der Waals surface area contributed by atoms with Crippen molar-refractivity contribution in [2.45, 2.75) is 58.8 Å². The third-order valence-corrected chi connectivity index (χ3v) is 6.74. The van der Waals surface area contributed by atoms with Crippen molar-refractivity contribution >= 4 is 16.9 Å². The number of hydrogen-bond acceptors (Lipinski definition) is 6. The number of aromatic hydroxyl groups is 1. The van der Waals surface area contributed by atoms with E-state index in [2.05, 4.69) is 0 Å². The van der Waals surface area contributed by atoms with Crippen LogP contribution in [0.15, 0.2) is 23.0 Å². The number of aromatic nitrogens is 2. The van der Waals surface area contributed by atoms with E-state index in [0.29, 0.717) is 35.5 Å². The van der Waals surface area contributed by atoms with Crippen molar-refractivity contribution in [2.24, 2.45) is 0 Å². The monoisotopic (exact) mass is 420 g/mol. The van der Waals surface area contributed by atoms with E-state index in [1.54, 1.807) is 23.6 Å². The van der Waals surface area contributed by atoms with Gasteiger partial charge in [-0.2, -0.15) is 0 Å². The molecule has 0 aliphatic carbocycles. The van der Waals surface area contributed by atoms with Crippen LogP contribution in [0.3, 0.4) is 0 Å². The molecule has 5 rings (SSSR count). The number of fused-ring (bicyclic) bond motifs is 5. The maximum atomic E-state index is 13.3. The molecule has 0 radical (unpaired) electrons. The van der Waals surface area contributed by atoms with Gasteiger partial charge >= 0.3 is 5.97 Å². The number of phenols is 1. The van der Waals surface area contributed by atoms with Gasteiger partial charge in [0.05, 0.1) is 29.0 Å². The maximum absolute atomic E-state index is 13.3. The van der Waals surface area contributed by atoms with E-state index in [1.165, 1.54) is 0 Å². The molecule has 2 aliphatic heterocycles. The SMILES string of the molecule is CCc1cc2nc3c(c(CC)c2cc1O)Cn1c-3cc2c(c1=O)COC(=O)[C@]2(O)CC. The minimum Gasteiger partial charge on any atom is -0.508 e. The summed E-state index contributed by atoms with van der Waals surface area (Å²) in [6.07, 6.45) is 1.51. The third kappa shape index (κ3) is 2.53. The van der Waals surface area contributed by atoms with Crippen LogP contribution >= 0.6 is 0 Å². The molecular weight excluding hydrogens is 396 g/mol. The van der Waals surface area contributed by atoms with Crippen LogP contribution in [0.4, 0.5) is 0 Å². The molecule has 7 heteroatoms. The molecule has 0 saturated carbocycles. The summed E-state index contributed by atoms with van der Waals surface area (Å²) in [5.41, 5.74) is 3.36. The summed E-state index contributed by atoms with van der Waals surface area (Å²) in [7, 11) is 0. The molecule has 1 atom stereocenters. The molecular formula is C24H24N2O5. The maximum Gasteiger partial charge on any atom is 0.343 e. The van der Waals surface area contributed by atoms with Gasteiger partial charge in [-0.05, 0) is 48.6 Å². The number of carbonyl (C=O) groups excluding carboxylic acids is 1. The summed E-state index contributed by atoms with van der Waals surface area (Å²) in [5, 5.41) is 22.3. The van der Waals surface area contributed by atoms with Gasteiger partial charge in [-0.15, -0.1) is 0 Å². The zero-order valence-electron chi connectivity index (χ0n) is 17.8. The molecule has 3 aromatic rings. The van der Waals surface area contributed by atoms with Gasteiger partial charge in [0.15, 0.2) is 5.60 Å². The number of aliphatic hydroxyl groups is 1. The van der Waals surface area contributed by atoms with E-state index < -0.39 is 11.6 Å². The number of esters is 1. The summed E-state index contributed by atoms with van der Waals surface area (Å²) in [4.78, 5) is 30.5. The van der Waals surface area contributed by atoms with Gasteiger partial charge in [0, 0.05) is 16.5 Å². The second-order valence-electron chi connectivity index (χ2n) is 8.23. The Morgan fingerprint density at radius 3 is 2.58 bits per heavy atom. The quantitative estimate of drug-likeness (QED) is 0.494. The number of carbonyl (C=O) groups is 1. The van der Waals surface area contributed by atoms with Gasteiger partial charge in [-0.25, -0.2) is 9.78 Å². The van der Waals surface area contributed by atoms with Gasteiger partial charge in [-0.3, -0.25) is 4.79 Å². The minimum absolute atomic E-state index is 0.110. The number of cyclic esters (lactones) is 1. The van der Waals surface area contributed by atoms with Crippen LogP contribution in [0.25, 0.3) is 22.3 Å². The highest BCUT2D eigenvalue weighted by Gasteiger charge is 2.45. The van der Waals surface area contributed by atoms with Gasteiger partial charge in [-0.1, -0.05) is 20.8 Å². The highest BCUT2D eigenvalue weighted by molar-refractivity contribution is 5.90. The standard InChI is InChI=1S/C24H24N2O5/c1-4-12-7-18-14(8-20(12)27)13(5-2)15-10-26-19(21(15)25-18)9-17-16(22(26)28)11-31-23(29)24(17,30)6-3/h7-9,27,30H,4-6,10-11H2,1-3H3/t24-/m0/s1. The Bertz CT molecular complexity index is 1340. The van der Waals surface area contributed by atoms with Gasteiger partial charge in [0.25, 0.3) is 5.56 Å². The Morgan fingerprint density at radius 2 is 1.90 bits per heavy atom. The second-order valence-corrected chi connectivity index (χ2v) is 8.23.